The summed E-state index contributed by atoms with van der Waals surface area (Å²) in [6, 6.07) is 12.4. The molecule has 23 heavy (non-hydrogen) atoms. The number of hydrogen-bond donors (Lipinski definition) is 2. The Morgan fingerprint density at radius 2 is 2.04 bits per heavy atom. The highest BCUT2D eigenvalue weighted by atomic mass is 16.1. The van der Waals surface area contributed by atoms with Crippen LogP contribution >= 0.6 is 0 Å². The predicted molar refractivity (Wildman–Crippen MR) is 88.7 cm³/mol. The molecule has 4 rings (SSSR count). The molecule has 114 valence electrons. The van der Waals surface area contributed by atoms with Gasteiger partial charge in [-0.1, -0.05) is 12.1 Å². The van der Waals surface area contributed by atoms with Crippen LogP contribution in [-0.2, 0) is 0 Å². The summed E-state index contributed by atoms with van der Waals surface area (Å²) in [6.07, 6.45) is 4.11. The lowest BCUT2D eigenvalue weighted by atomic mass is 10.1. The Hall–Kier alpha value is -2.95. The molecule has 1 aromatic carbocycles. The Bertz CT molecular complexity index is 958. The minimum absolute atomic E-state index is 0.230. The van der Waals surface area contributed by atoms with Crippen molar-refractivity contribution < 1.29 is 4.79 Å². The fraction of sp³-hybridized carbons (Fsp3) is 0.167. The number of pyridine rings is 2. The second-order valence-electron chi connectivity index (χ2n) is 5.80. The Morgan fingerprint density at radius 1 is 1.17 bits per heavy atom. The molecule has 2 aromatic heterocycles. The maximum absolute atomic E-state index is 12.6. The van der Waals surface area contributed by atoms with Gasteiger partial charge >= 0.3 is 0 Å². The van der Waals surface area contributed by atoms with Crippen molar-refractivity contribution in [3.05, 3.63) is 70.1 Å². The smallest absolute Gasteiger partial charge is 0.258 e. The molecule has 0 aliphatic heterocycles. The fourth-order valence-electron chi connectivity index (χ4n) is 2.74. The van der Waals surface area contributed by atoms with Crippen molar-refractivity contribution in [2.75, 3.05) is 5.32 Å². The standard InChI is InChI=1S/C18H15N3O2/c22-16-7-6-12-2-1-3-14(17(12)21-16)18(23)20-15-10-13(8-9-19-15)11-4-5-11/h1-3,6-11H,4-5H2,(H,21,22)(H,19,20,23). The number of benzene rings is 1. The number of hydrogen-bond acceptors (Lipinski definition) is 3. The number of carbonyl (C=O) groups is 1. The molecule has 1 aliphatic rings. The van der Waals surface area contributed by atoms with Crippen LogP contribution in [0, 0.1) is 0 Å². The van der Waals surface area contributed by atoms with Gasteiger partial charge in [-0.05, 0) is 54.0 Å². The number of aromatic nitrogens is 2. The van der Waals surface area contributed by atoms with E-state index in [4.69, 9.17) is 0 Å². The van der Waals surface area contributed by atoms with Gasteiger partial charge in [-0.25, -0.2) is 4.98 Å². The summed E-state index contributed by atoms with van der Waals surface area (Å²) in [7, 11) is 0. The maximum atomic E-state index is 12.6. The second kappa shape index (κ2) is 5.35. The molecule has 3 aromatic rings. The zero-order valence-corrected chi connectivity index (χ0v) is 12.4. The quantitative estimate of drug-likeness (QED) is 0.781. The number of para-hydroxylation sites is 1. The van der Waals surface area contributed by atoms with Gasteiger partial charge in [-0.3, -0.25) is 9.59 Å². The second-order valence-corrected chi connectivity index (χ2v) is 5.80. The van der Waals surface area contributed by atoms with Gasteiger partial charge in [0.15, 0.2) is 0 Å². The molecule has 1 amide bonds. The van der Waals surface area contributed by atoms with E-state index in [1.807, 2.05) is 18.2 Å². The summed E-state index contributed by atoms with van der Waals surface area (Å²) < 4.78 is 0. The highest BCUT2D eigenvalue weighted by Gasteiger charge is 2.24. The summed E-state index contributed by atoms with van der Waals surface area (Å²) in [4.78, 5) is 31.0. The van der Waals surface area contributed by atoms with Crippen LogP contribution in [0.1, 0.15) is 34.7 Å². The molecule has 2 N–H and O–H groups in total. The lowest BCUT2D eigenvalue weighted by Gasteiger charge is -2.08. The lowest BCUT2D eigenvalue weighted by molar-refractivity contribution is 0.102. The van der Waals surface area contributed by atoms with Crippen LogP contribution in [0.25, 0.3) is 10.9 Å². The van der Waals surface area contributed by atoms with Crippen LogP contribution in [0.2, 0.25) is 0 Å². The van der Waals surface area contributed by atoms with Gasteiger partial charge in [0.25, 0.3) is 5.91 Å². The number of H-pyrrole nitrogens is 1. The molecule has 5 heteroatoms. The molecule has 0 radical (unpaired) electrons. The Labute approximate surface area is 132 Å². The van der Waals surface area contributed by atoms with Gasteiger partial charge in [0.05, 0.1) is 11.1 Å². The molecule has 0 unspecified atom stereocenters. The molecule has 0 bridgehead atoms. The van der Waals surface area contributed by atoms with E-state index in [2.05, 4.69) is 15.3 Å². The monoisotopic (exact) mass is 305 g/mol. The van der Waals surface area contributed by atoms with Crippen molar-refractivity contribution in [3.63, 3.8) is 0 Å². The van der Waals surface area contributed by atoms with E-state index in [1.54, 1.807) is 24.4 Å². The molecule has 0 atom stereocenters. The molecular weight excluding hydrogens is 290 g/mol. The van der Waals surface area contributed by atoms with E-state index < -0.39 is 0 Å². The third-order valence-corrected chi connectivity index (χ3v) is 4.08. The number of nitrogens with zero attached hydrogens (tertiary/aromatic N) is 1. The first kappa shape index (κ1) is 13.7. The molecular formula is C18H15N3O2. The first-order valence-corrected chi connectivity index (χ1v) is 7.60. The zero-order chi connectivity index (χ0) is 15.8. The average molecular weight is 305 g/mol. The number of amides is 1. The highest BCUT2D eigenvalue weighted by molar-refractivity contribution is 6.11. The minimum Gasteiger partial charge on any atom is -0.321 e. The topological polar surface area (TPSA) is 74.8 Å². The summed E-state index contributed by atoms with van der Waals surface area (Å²) in [5.74, 6) is 0.857. The third-order valence-electron chi connectivity index (χ3n) is 4.08. The molecule has 0 spiro atoms. The van der Waals surface area contributed by atoms with Crippen molar-refractivity contribution in [2.24, 2.45) is 0 Å². The van der Waals surface area contributed by atoms with Gasteiger partial charge in [-0.15, -0.1) is 0 Å². The number of rotatable bonds is 3. The number of nitrogens with one attached hydrogen (secondary N) is 2. The fourth-order valence-corrected chi connectivity index (χ4v) is 2.74. The van der Waals surface area contributed by atoms with Crippen molar-refractivity contribution >= 4 is 22.6 Å². The Morgan fingerprint density at radius 3 is 2.87 bits per heavy atom. The van der Waals surface area contributed by atoms with E-state index >= 15 is 0 Å². The molecule has 5 nitrogen and oxygen atoms in total. The predicted octanol–water partition coefficient (Wildman–Crippen LogP) is 3.05. The number of aromatic amines is 1. The molecule has 1 fully saturated rings. The third kappa shape index (κ3) is 2.73. The lowest BCUT2D eigenvalue weighted by Crippen LogP contribution is -2.15. The van der Waals surface area contributed by atoms with E-state index in [0.717, 1.165) is 5.39 Å². The van der Waals surface area contributed by atoms with Gasteiger partial charge < -0.3 is 10.3 Å². The average Bonchev–Trinajstić information content (AvgIpc) is 3.39. The van der Waals surface area contributed by atoms with Crippen LogP contribution in [-0.4, -0.2) is 15.9 Å². The molecule has 2 heterocycles. The number of anilines is 1. The summed E-state index contributed by atoms with van der Waals surface area (Å²) in [5, 5.41) is 3.64. The highest BCUT2D eigenvalue weighted by Crippen LogP contribution is 2.40. The van der Waals surface area contributed by atoms with Crippen LogP contribution < -0.4 is 10.9 Å². The summed E-state index contributed by atoms with van der Waals surface area (Å²) in [5.41, 5.74) is 1.95. The maximum Gasteiger partial charge on any atom is 0.258 e. The normalized spacial score (nSPS) is 13.9. The van der Waals surface area contributed by atoms with Gasteiger partial charge in [0.1, 0.15) is 5.82 Å². The Kier molecular flexibility index (Phi) is 3.19. The van der Waals surface area contributed by atoms with E-state index in [0.29, 0.717) is 22.8 Å². The SMILES string of the molecule is O=C(Nc1cc(C2CC2)ccn1)c1cccc2ccc(=O)[nH]c12. The van der Waals surface area contributed by atoms with Gasteiger partial charge in [-0.2, -0.15) is 0 Å². The van der Waals surface area contributed by atoms with Crippen LogP contribution in [0.5, 0.6) is 0 Å². The van der Waals surface area contributed by atoms with E-state index in [9.17, 15) is 9.59 Å². The molecule has 0 saturated heterocycles. The van der Waals surface area contributed by atoms with Crippen molar-refractivity contribution in [3.8, 4) is 0 Å². The summed E-state index contributed by atoms with van der Waals surface area (Å²) in [6.45, 7) is 0. The number of carbonyl (C=O) groups excluding carboxylic acids is 1. The zero-order valence-electron chi connectivity index (χ0n) is 12.4. The largest absolute Gasteiger partial charge is 0.321 e. The van der Waals surface area contributed by atoms with Gasteiger partial charge in [0.2, 0.25) is 5.56 Å². The van der Waals surface area contributed by atoms with Crippen molar-refractivity contribution in [1.82, 2.24) is 9.97 Å². The van der Waals surface area contributed by atoms with Crippen LogP contribution in [0.3, 0.4) is 0 Å². The first-order chi connectivity index (χ1) is 11.2. The van der Waals surface area contributed by atoms with Gasteiger partial charge in [0, 0.05) is 12.3 Å². The van der Waals surface area contributed by atoms with Crippen LogP contribution in [0.15, 0.2) is 53.5 Å². The summed E-state index contributed by atoms with van der Waals surface area (Å²) >= 11 is 0. The minimum atomic E-state index is -0.280. The van der Waals surface area contributed by atoms with E-state index in [-0.39, 0.29) is 11.5 Å². The Balaban J connectivity index is 1.68. The van der Waals surface area contributed by atoms with Crippen molar-refractivity contribution in [2.45, 2.75) is 18.8 Å². The first-order valence-electron chi connectivity index (χ1n) is 7.60. The van der Waals surface area contributed by atoms with E-state index in [1.165, 1.54) is 24.5 Å². The molecule has 1 aliphatic carbocycles. The van der Waals surface area contributed by atoms with Crippen molar-refractivity contribution in [1.29, 1.82) is 0 Å². The van der Waals surface area contributed by atoms with Crippen LogP contribution in [0.4, 0.5) is 5.82 Å². The molecule has 1 saturated carbocycles. The number of fused-ring (bicyclic) bond motifs is 1.